The Morgan fingerprint density at radius 1 is 1.50 bits per heavy atom. The van der Waals surface area contributed by atoms with E-state index in [0.717, 1.165) is 12.3 Å². The normalized spacial score (nSPS) is 17.9. The second kappa shape index (κ2) is 2.76. The first kappa shape index (κ1) is 9.01. The third kappa shape index (κ3) is 1.74. The van der Waals surface area contributed by atoms with Crippen molar-refractivity contribution in [1.82, 2.24) is 0 Å². The van der Waals surface area contributed by atoms with Gasteiger partial charge in [0.15, 0.2) is 4.87 Å². The highest BCUT2D eigenvalue weighted by atomic mass is 35.7. The first-order valence-electron chi connectivity index (χ1n) is 2.63. The minimum absolute atomic E-state index is 0.0589. The molecule has 0 aromatic heterocycles. The van der Waals surface area contributed by atoms with Crippen molar-refractivity contribution in [2.45, 2.75) is 0 Å². The molecule has 0 unspecified atom stereocenters. The molecule has 1 aliphatic rings. The lowest BCUT2D eigenvalue weighted by Gasteiger charge is -1.93. The van der Waals surface area contributed by atoms with Crippen LogP contribution in [0.15, 0.2) is 17.4 Å². The third-order valence-electron chi connectivity index (χ3n) is 0.985. The van der Waals surface area contributed by atoms with Crippen molar-refractivity contribution in [3.63, 3.8) is 0 Å². The van der Waals surface area contributed by atoms with E-state index in [1.807, 2.05) is 0 Å². The lowest BCUT2D eigenvalue weighted by Crippen LogP contribution is -2.23. The number of allylic oxidation sites excluding steroid dienone is 1. The monoisotopic (exact) mass is 209 g/mol. The number of rotatable bonds is 0. The molecule has 0 bridgehead atoms. The summed E-state index contributed by atoms with van der Waals surface area (Å²) in [6.45, 7) is 0. The second-order valence-electron chi connectivity index (χ2n) is 1.83. The van der Waals surface area contributed by atoms with Gasteiger partial charge in [-0.15, -0.1) is 0 Å². The maximum atomic E-state index is 10.7. The van der Waals surface area contributed by atoms with Crippen LogP contribution in [0, 0.1) is 4.91 Å². The fraction of sp³-hybridized carbons (Fsp3) is 0. The summed E-state index contributed by atoms with van der Waals surface area (Å²) in [5.74, 6) is -0.905. The van der Waals surface area contributed by atoms with Gasteiger partial charge in [0.25, 0.3) is 20.3 Å². The van der Waals surface area contributed by atoms with Gasteiger partial charge in [0.05, 0.1) is 16.1 Å². The summed E-state index contributed by atoms with van der Waals surface area (Å²) in [7, 11) is 0.565. The largest absolute Gasteiger partial charge is 0.289 e. The summed E-state index contributed by atoms with van der Waals surface area (Å²) in [4.78, 5) is 21.1. The lowest BCUT2D eigenvalue weighted by atomic mass is 10.4. The molecule has 0 aromatic carbocycles. The third-order valence-corrected chi connectivity index (χ3v) is 2.17. The van der Waals surface area contributed by atoms with Gasteiger partial charge in [-0.3, -0.25) is 4.79 Å². The standard InChI is InChI=1S/C4H2ClN2O4S/c5-12(10,11)4-3(8)1-2-7(9)6-4/h1-2H/q+1. The molecular formula is C4H2ClN2O4S+. The molecule has 0 saturated heterocycles. The number of nitrogens with zero attached hydrogens (tertiary/aromatic N) is 2. The number of hydrogen-bond acceptors (Lipinski definition) is 4. The van der Waals surface area contributed by atoms with Crippen LogP contribution in [0.2, 0.25) is 0 Å². The van der Waals surface area contributed by atoms with E-state index in [1.165, 1.54) is 0 Å². The highest BCUT2D eigenvalue weighted by Crippen LogP contribution is 2.06. The average molecular weight is 210 g/mol. The molecule has 6 nitrogen and oxygen atoms in total. The van der Waals surface area contributed by atoms with Crippen LogP contribution in [0.5, 0.6) is 0 Å². The van der Waals surface area contributed by atoms with Gasteiger partial charge in [-0.25, -0.2) is 8.42 Å². The second-order valence-corrected chi connectivity index (χ2v) is 4.31. The van der Waals surface area contributed by atoms with Crippen LogP contribution >= 0.6 is 10.7 Å². The van der Waals surface area contributed by atoms with Crippen LogP contribution in [0.4, 0.5) is 0 Å². The van der Waals surface area contributed by atoms with Crippen LogP contribution in [0.1, 0.15) is 0 Å². The molecule has 0 N–H and O–H groups in total. The van der Waals surface area contributed by atoms with Crippen LogP contribution in [-0.4, -0.2) is 24.1 Å². The van der Waals surface area contributed by atoms with Crippen molar-refractivity contribution < 1.29 is 18.1 Å². The molecule has 0 spiro atoms. The fourth-order valence-electron chi connectivity index (χ4n) is 0.544. The Balaban J connectivity index is 3.23. The van der Waals surface area contributed by atoms with Crippen molar-refractivity contribution >= 4 is 30.6 Å². The van der Waals surface area contributed by atoms with Crippen molar-refractivity contribution in [2.75, 3.05) is 0 Å². The van der Waals surface area contributed by atoms with E-state index in [1.54, 1.807) is 0 Å². The molecule has 0 fully saturated rings. The molecule has 0 saturated carbocycles. The van der Waals surface area contributed by atoms with Crippen LogP contribution in [0.3, 0.4) is 0 Å². The van der Waals surface area contributed by atoms with Gasteiger partial charge in [-0.2, -0.15) is 0 Å². The van der Waals surface area contributed by atoms with Crippen molar-refractivity contribution in [3.05, 3.63) is 17.2 Å². The Morgan fingerprint density at radius 3 is 2.50 bits per heavy atom. The molecule has 0 amide bonds. The lowest BCUT2D eigenvalue weighted by molar-refractivity contribution is -0.484. The van der Waals surface area contributed by atoms with Crippen molar-refractivity contribution in [2.24, 2.45) is 5.10 Å². The molecular weight excluding hydrogens is 208 g/mol. The number of nitroso groups, excluding NO2 is 1. The first-order valence-corrected chi connectivity index (χ1v) is 4.94. The molecule has 12 heavy (non-hydrogen) atoms. The van der Waals surface area contributed by atoms with Crippen LogP contribution in [-0.2, 0) is 13.8 Å². The van der Waals surface area contributed by atoms with E-state index in [-0.39, 0.29) is 4.87 Å². The van der Waals surface area contributed by atoms with Crippen LogP contribution in [0.25, 0.3) is 0 Å². The van der Waals surface area contributed by atoms with Crippen LogP contribution < -0.4 is 0 Å². The van der Waals surface area contributed by atoms with Gasteiger partial charge in [0.2, 0.25) is 5.78 Å². The van der Waals surface area contributed by atoms with Gasteiger partial charge in [-0.05, 0) is 0 Å². The minimum atomic E-state index is -4.23. The summed E-state index contributed by atoms with van der Waals surface area (Å²) in [6.07, 6.45) is 1.56. The van der Waals surface area contributed by atoms with Crippen molar-refractivity contribution in [1.29, 1.82) is 0 Å². The predicted octanol–water partition coefficient (Wildman–Crippen LogP) is -0.256. The zero-order valence-electron chi connectivity index (χ0n) is 5.47. The van der Waals surface area contributed by atoms with Gasteiger partial charge < -0.3 is 0 Å². The Kier molecular flexibility index (Phi) is 2.07. The maximum absolute atomic E-state index is 10.7. The number of halogens is 1. The minimum Gasteiger partial charge on any atom is -0.286 e. The summed E-state index contributed by atoms with van der Waals surface area (Å²) in [5, 5.41) is 1.92. The van der Waals surface area contributed by atoms with E-state index in [9.17, 15) is 18.1 Å². The number of carbonyl (C=O) groups is 1. The Hall–Kier alpha value is -1.08. The quantitative estimate of drug-likeness (QED) is 0.407. The van der Waals surface area contributed by atoms with Gasteiger partial charge in [0, 0.05) is 10.7 Å². The highest BCUT2D eigenvalue weighted by molar-refractivity contribution is 8.27. The Morgan fingerprint density at radius 2 is 2.08 bits per heavy atom. The number of hydrogen-bond donors (Lipinski definition) is 0. The highest BCUT2D eigenvalue weighted by Gasteiger charge is 2.31. The Labute approximate surface area is 71.5 Å². The topological polar surface area (TPSA) is 83.7 Å². The molecule has 8 heteroatoms. The fourth-order valence-corrected chi connectivity index (χ4v) is 1.35. The molecule has 1 rings (SSSR count). The van der Waals surface area contributed by atoms with E-state index in [0.29, 0.717) is 0 Å². The van der Waals surface area contributed by atoms with Gasteiger partial charge in [-0.1, -0.05) is 0 Å². The van der Waals surface area contributed by atoms with E-state index in [4.69, 9.17) is 10.7 Å². The zero-order valence-corrected chi connectivity index (χ0v) is 7.04. The molecule has 0 radical (unpaired) electrons. The Bertz CT molecular complexity index is 407. The van der Waals surface area contributed by atoms with Crippen molar-refractivity contribution in [3.8, 4) is 0 Å². The van der Waals surface area contributed by atoms with E-state index < -0.39 is 19.9 Å². The van der Waals surface area contributed by atoms with Gasteiger partial charge >= 0.3 is 0 Å². The predicted molar refractivity (Wildman–Crippen MR) is 40.0 cm³/mol. The van der Waals surface area contributed by atoms with Gasteiger partial charge in [0.1, 0.15) is 0 Å². The number of carbonyl (C=O) groups excluding carboxylic acids is 1. The molecule has 0 aromatic rings. The molecule has 64 valence electrons. The first-order chi connectivity index (χ1) is 5.41. The number of hydrazone groups is 1. The molecule has 1 aliphatic heterocycles. The smallest absolute Gasteiger partial charge is 0.286 e. The summed E-state index contributed by atoms with van der Waals surface area (Å²) < 4.78 is 21.1. The molecule has 0 atom stereocenters. The van der Waals surface area contributed by atoms with E-state index >= 15 is 0 Å². The van der Waals surface area contributed by atoms with E-state index in [2.05, 4.69) is 5.10 Å². The SMILES string of the molecule is O=C1C=C[N+](=O)N=C1S(=O)(=O)Cl. The summed E-state index contributed by atoms with van der Waals surface area (Å²) in [5.41, 5.74) is 0. The summed E-state index contributed by atoms with van der Waals surface area (Å²) >= 11 is 0. The number of ketones is 1. The zero-order chi connectivity index (χ0) is 9.35. The molecule has 1 heterocycles. The average Bonchev–Trinajstić information content (AvgIpc) is 1.92. The summed E-state index contributed by atoms with van der Waals surface area (Å²) in [6, 6.07) is 0. The maximum Gasteiger partial charge on any atom is 0.289 e. The molecule has 0 aliphatic carbocycles.